The Balaban J connectivity index is 0.00000242. The zero-order valence-electron chi connectivity index (χ0n) is 12.1. The number of hydrogen-bond acceptors (Lipinski definition) is 8. The molecule has 0 amide bonds. The zero-order valence-corrected chi connectivity index (χ0v) is 14.9. The number of rotatable bonds is 7. The van der Waals surface area contributed by atoms with Gasteiger partial charge in [-0.25, -0.2) is 4.98 Å². The average molecular weight is 342 g/mol. The molecule has 1 unspecified atom stereocenters. The van der Waals surface area contributed by atoms with Gasteiger partial charge in [0.1, 0.15) is 13.5 Å². The molecule has 2 aromatic heterocycles. The summed E-state index contributed by atoms with van der Waals surface area (Å²) in [7, 11) is -2.61. The maximum atomic E-state index is 11.5. The molecule has 1 atom stereocenters. The summed E-state index contributed by atoms with van der Waals surface area (Å²) >= 11 is 0. The second kappa shape index (κ2) is 8.18. The van der Waals surface area contributed by atoms with E-state index in [1.807, 2.05) is 0 Å². The monoisotopic (exact) mass is 342 g/mol. The van der Waals surface area contributed by atoms with Gasteiger partial charge >= 0.3 is 7.60 Å². The fourth-order valence-electron chi connectivity index (χ4n) is 1.47. The van der Waals surface area contributed by atoms with Gasteiger partial charge in [0.2, 0.25) is 5.95 Å². The second-order valence-corrected chi connectivity index (χ2v) is 5.84. The Morgan fingerprint density at radius 1 is 1.50 bits per heavy atom. The molecule has 0 aliphatic heterocycles. The number of nitrogens with zero attached hydrogens (tertiary/aromatic N) is 3. The number of anilines is 1. The Kier molecular flexibility index (Phi) is 7.16. The van der Waals surface area contributed by atoms with Crippen LogP contribution in [0.1, 0.15) is 0 Å². The van der Waals surface area contributed by atoms with Gasteiger partial charge < -0.3 is 24.6 Å². The summed E-state index contributed by atoms with van der Waals surface area (Å²) in [6.07, 6.45) is 0.873. The second-order valence-electron chi connectivity index (χ2n) is 3.94. The predicted molar refractivity (Wildman–Crippen MR) is 77.1 cm³/mol. The number of nitrogens with one attached hydrogen (secondary N) is 1. The first-order valence-electron chi connectivity index (χ1n) is 5.66. The summed E-state index contributed by atoms with van der Waals surface area (Å²) in [5.74, 6) is -0.0354. The van der Waals surface area contributed by atoms with Crippen molar-refractivity contribution in [2.75, 3.05) is 26.0 Å². The van der Waals surface area contributed by atoms with Crippen molar-refractivity contribution in [1.82, 2.24) is 19.5 Å². The predicted octanol–water partition coefficient (Wildman–Crippen LogP) is -0.941. The topological polar surface area (TPSA) is 155 Å². The first-order valence-corrected chi connectivity index (χ1v) is 7.43. The normalized spacial score (nSPS) is 13.7. The molecule has 0 saturated heterocycles. The van der Waals surface area contributed by atoms with Crippen molar-refractivity contribution in [1.29, 1.82) is 0 Å². The Hall–Kier alpha value is -0.780. The van der Waals surface area contributed by atoms with Gasteiger partial charge in [-0.2, -0.15) is 4.98 Å². The summed E-state index contributed by atoms with van der Waals surface area (Å²) in [5, 5.41) is 0. The maximum Gasteiger partial charge on any atom is 0.353 e. The largest absolute Gasteiger partial charge is 0.369 e. The molecule has 2 heterocycles. The Morgan fingerprint density at radius 2 is 2.23 bits per heavy atom. The van der Waals surface area contributed by atoms with Crippen molar-refractivity contribution in [3.63, 3.8) is 0 Å². The van der Waals surface area contributed by atoms with E-state index in [9.17, 15) is 9.36 Å². The number of nitrogen functional groups attached to an aromatic ring is 1. The van der Waals surface area contributed by atoms with E-state index in [0.29, 0.717) is 0 Å². The third-order valence-electron chi connectivity index (χ3n) is 2.43. The quantitative estimate of drug-likeness (QED) is 0.250. The molecule has 2 aromatic rings. The molecule has 0 aromatic carbocycles. The number of nitrogens with two attached hydrogens (primary N) is 1. The molecule has 0 fully saturated rings. The minimum atomic E-state index is -3.72. The molecule has 0 saturated carbocycles. The summed E-state index contributed by atoms with van der Waals surface area (Å²) in [5.41, 5.74) is 5.39. The van der Waals surface area contributed by atoms with E-state index in [1.165, 1.54) is 10.9 Å². The van der Waals surface area contributed by atoms with Crippen LogP contribution in [-0.4, -0.2) is 74.2 Å². The molecule has 0 spiro atoms. The first kappa shape index (κ1) is 19.3. The fraction of sp³-hybridized carbons (Fsp3) is 0.444. The molecule has 0 aliphatic rings. The van der Waals surface area contributed by atoms with Crippen LogP contribution in [0.5, 0.6) is 0 Å². The molecule has 1 radical (unpaired) electrons. The van der Waals surface area contributed by atoms with Crippen LogP contribution in [0.4, 0.5) is 5.95 Å². The zero-order chi connectivity index (χ0) is 15.5. The molecule has 0 bridgehead atoms. The minimum absolute atomic E-state index is 0. The van der Waals surface area contributed by atoms with Crippen LogP contribution in [0.2, 0.25) is 0 Å². The van der Waals surface area contributed by atoms with Gasteiger partial charge in [0.25, 0.3) is 5.56 Å². The van der Waals surface area contributed by atoms with E-state index < -0.39 is 19.5 Å². The van der Waals surface area contributed by atoms with Gasteiger partial charge in [-0.15, -0.1) is 0 Å². The van der Waals surface area contributed by atoms with Crippen molar-refractivity contribution >= 4 is 54.3 Å². The summed E-state index contributed by atoms with van der Waals surface area (Å²) in [6.45, 7) is -0.263. The third kappa shape index (κ3) is 4.86. The Morgan fingerprint density at radius 3 is 2.91 bits per heavy atom. The summed E-state index contributed by atoms with van der Waals surface area (Å²) < 4.78 is 26.8. The molecule has 4 N–H and O–H groups in total. The van der Waals surface area contributed by atoms with Crippen LogP contribution in [0.25, 0.3) is 11.2 Å². The fourth-order valence-corrected chi connectivity index (χ4v) is 1.88. The molecule has 117 valence electrons. The Labute approximate surface area is 146 Å². The van der Waals surface area contributed by atoms with Gasteiger partial charge in [0.15, 0.2) is 17.5 Å². The molecule has 2 rings (SSSR count). The van der Waals surface area contributed by atoms with Crippen molar-refractivity contribution in [2.45, 2.75) is 6.73 Å². The van der Waals surface area contributed by atoms with E-state index in [0.717, 1.165) is 7.11 Å². The standard InChI is InChI=1S/C9H14N5O6P.Na/c1-18-21(16,17)5-20-4-19-3-14-2-11-6-7(14)12-9(10)13-8(6)15;/h2H,3-5H2,1H3,(H,16,17)(H3,10,12,13,15);. The van der Waals surface area contributed by atoms with Crippen LogP contribution < -0.4 is 11.3 Å². The molecule has 22 heavy (non-hydrogen) atoms. The van der Waals surface area contributed by atoms with Crippen molar-refractivity contribution in [2.24, 2.45) is 0 Å². The molecular formula is C9H14N5NaO6P. The first-order chi connectivity index (χ1) is 9.93. The van der Waals surface area contributed by atoms with Crippen LogP contribution in [0, 0.1) is 0 Å². The number of aromatic amines is 1. The van der Waals surface area contributed by atoms with E-state index in [-0.39, 0.29) is 60.2 Å². The number of H-pyrrole nitrogens is 1. The molecule has 11 nitrogen and oxygen atoms in total. The third-order valence-corrected chi connectivity index (χ3v) is 3.51. The van der Waals surface area contributed by atoms with Gasteiger partial charge in [0, 0.05) is 36.7 Å². The summed E-state index contributed by atoms with van der Waals surface area (Å²) in [4.78, 5) is 30.8. The van der Waals surface area contributed by atoms with Crippen molar-refractivity contribution in [3.8, 4) is 0 Å². The number of imidazole rings is 1. The SMILES string of the molecule is COP(=O)(O)COCOCn1cnc2c(=O)[nH]c(N)nc21.[Na]. The van der Waals surface area contributed by atoms with Gasteiger partial charge in [-0.05, 0) is 0 Å². The smallest absolute Gasteiger partial charge is 0.353 e. The number of fused-ring (bicyclic) bond motifs is 1. The maximum absolute atomic E-state index is 11.5. The van der Waals surface area contributed by atoms with Gasteiger partial charge in [-0.3, -0.25) is 18.9 Å². The van der Waals surface area contributed by atoms with E-state index >= 15 is 0 Å². The average Bonchev–Trinajstić information content (AvgIpc) is 2.82. The summed E-state index contributed by atoms with van der Waals surface area (Å²) in [6, 6.07) is 0. The van der Waals surface area contributed by atoms with Gasteiger partial charge in [-0.1, -0.05) is 0 Å². The van der Waals surface area contributed by atoms with Crippen LogP contribution in [0.3, 0.4) is 0 Å². The number of hydrogen-bond donors (Lipinski definition) is 3. The molecular weight excluding hydrogens is 328 g/mol. The van der Waals surface area contributed by atoms with Crippen molar-refractivity contribution in [3.05, 3.63) is 16.7 Å². The van der Waals surface area contributed by atoms with Crippen LogP contribution >= 0.6 is 7.60 Å². The molecule has 0 aliphatic carbocycles. The van der Waals surface area contributed by atoms with Crippen LogP contribution in [-0.2, 0) is 25.3 Å². The number of aromatic nitrogens is 4. The van der Waals surface area contributed by atoms with Crippen LogP contribution in [0.15, 0.2) is 11.1 Å². The van der Waals surface area contributed by atoms with E-state index in [1.54, 1.807) is 0 Å². The van der Waals surface area contributed by atoms with Crippen molar-refractivity contribution < 1.29 is 23.5 Å². The Bertz CT molecular complexity index is 733. The van der Waals surface area contributed by atoms with E-state index in [4.69, 9.17) is 20.1 Å². The van der Waals surface area contributed by atoms with E-state index in [2.05, 4.69) is 19.5 Å². The van der Waals surface area contributed by atoms with Gasteiger partial charge in [0.05, 0.1) is 6.33 Å². The minimum Gasteiger partial charge on any atom is -0.369 e. The molecule has 13 heteroatoms. The number of ether oxygens (including phenoxy) is 2.